The Morgan fingerprint density at radius 3 is 2.56 bits per heavy atom. The first-order chi connectivity index (χ1) is 12.1. The lowest BCUT2D eigenvalue weighted by atomic mass is 10.1. The number of imidazole rings is 1. The normalized spacial score (nSPS) is 11.2. The van der Waals surface area contributed by atoms with Gasteiger partial charge in [0.05, 0.1) is 24.5 Å². The molecule has 0 saturated carbocycles. The van der Waals surface area contributed by atoms with Crippen molar-refractivity contribution in [1.29, 1.82) is 0 Å². The zero-order valence-corrected chi connectivity index (χ0v) is 16.8. The summed E-state index contributed by atoms with van der Waals surface area (Å²) >= 11 is 0. The number of esters is 1. The van der Waals surface area contributed by atoms with Crippen LogP contribution in [0.2, 0.25) is 0 Å². The Kier molecular flexibility index (Phi) is 8.56. The quantitative estimate of drug-likeness (QED) is 0.630. The van der Waals surface area contributed by atoms with E-state index in [1.807, 2.05) is 43.4 Å². The number of aryl methyl sites for hydroxylation is 1. The van der Waals surface area contributed by atoms with Crippen LogP contribution in [0.25, 0.3) is 11.0 Å². The van der Waals surface area contributed by atoms with Crippen LogP contribution in [0.3, 0.4) is 0 Å². The predicted molar refractivity (Wildman–Crippen MR) is 110 cm³/mol. The van der Waals surface area contributed by atoms with Gasteiger partial charge in [-0.15, -0.1) is 24.8 Å². The van der Waals surface area contributed by atoms with Crippen LogP contribution in [0.1, 0.15) is 15.9 Å². The fourth-order valence-corrected chi connectivity index (χ4v) is 2.82. The second kappa shape index (κ2) is 10.2. The van der Waals surface area contributed by atoms with E-state index in [0.29, 0.717) is 35.4 Å². The molecule has 27 heavy (non-hydrogen) atoms. The number of aromatic nitrogens is 2. The second-order valence-corrected chi connectivity index (χ2v) is 5.91. The van der Waals surface area contributed by atoms with Crippen LogP contribution in [0.4, 0.5) is 0 Å². The average Bonchev–Trinajstić information content (AvgIpc) is 3.01. The standard InChI is InChI=1S/C19H21N3O3.2ClH/c1-22-12-21-15-8-9-16(17(18(15)22)19(23)24-2)25-11-14(20)10-13-6-4-3-5-7-13;;/h3-9,12,14H,10-11,20H2,1-2H3;2*1H. The molecule has 0 saturated heterocycles. The van der Waals surface area contributed by atoms with Crippen molar-refractivity contribution in [2.24, 2.45) is 12.8 Å². The molecule has 0 amide bonds. The number of hydrogen-bond acceptors (Lipinski definition) is 5. The Morgan fingerprint density at radius 2 is 1.89 bits per heavy atom. The van der Waals surface area contributed by atoms with Gasteiger partial charge in [0.25, 0.3) is 0 Å². The Labute approximate surface area is 170 Å². The lowest BCUT2D eigenvalue weighted by Crippen LogP contribution is -2.30. The Morgan fingerprint density at radius 1 is 1.19 bits per heavy atom. The Bertz CT molecular complexity index is 885. The molecule has 6 nitrogen and oxygen atoms in total. The summed E-state index contributed by atoms with van der Waals surface area (Å²) in [4.78, 5) is 16.5. The number of carbonyl (C=O) groups is 1. The summed E-state index contributed by atoms with van der Waals surface area (Å²) in [6.45, 7) is 0.294. The number of hydrogen-bond donors (Lipinski definition) is 1. The molecule has 3 aromatic rings. The first-order valence-corrected chi connectivity index (χ1v) is 8.04. The number of ether oxygens (including phenoxy) is 2. The third kappa shape index (κ3) is 5.13. The minimum absolute atomic E-state index is 0. The molecule has 8 heteroatoms. The van der Waals surface area contributed by atoms with Gasteiger partial charge < -0.3 is 19.8 Å². The van der Waals surface area contributed by atoms with Crippen LogP contribution < -0.4 is 10.5 Å². The number of nitrogens with two attached hydrogens (primary N) is 1. The van der Waals surface area contributed by atoms with Gasteiger partial charge in [0.1, 0.15) is 17.9 Å². The highest BCUT2D eigenvalue weighted by atomic mass is 35.5. The molecule has 0 aliphatic carbocycles. The largest absolute Gasteiger partial charge is 0.491 e. The van der Waals surface area contributed by atoms with Crippen molar-refractivity contribution in [2.75, 3.05) is 13.7 Å². The van der Waals surface area contributed by atoms with E-state index in [-0.39, 0.29) is 30.9 Å². The van der Waals surface area contributed by atoms with Crippen molar-refractivity contribution in [3.05, 3.63) is 59.9 Å². The van der Waals surface area contributed by atoms with Gasteiger partial charge in [0.2, 0.25) is 0 Å². The SMILES string of the molecule is COC(=O)c1c(OCC(N)Cc2ccccc2)ccc2ncn(C)c12.Cl.Cl. The summed E-state index contributed by atoms with van der Waals surface area (Å²) in [6, 6.07) is 13.4. The molecule has 0 radical (unpaired) electrons. The summed E-state index contributed by atoms with van der Waals surface area (Å²) in [6.07, 6.45) is 2.35. The molecule has 1 unspecified atom stereocenters. The van der Waals surface area contributed by atoms with Crippen LogP contribution >= 0.6 is 24.8 Å². The lowest BCUT2D eigenvalue weighted by Gasteiger charge is -2.16. The Hall–Kier alpha value is -2.28. The van der Waals surface area contributed by atoms with Crippen LogP contribution in [0.15, 0.2) is 48.8 Å². The van der Waals surface area contributed by atoms with Gasteiger partial charge in [-0.25, -0.2) is 9.78 Å². The number of rotatable bonds is 6. The molecule has 0 spiro atoms. The first-order valence-electron chi connectivity index (χ1n) is 8.04. The van der Waals surface area contributed by atoms with Gasteiger partial charge in [-0.05, 0) is 24.1 Å². The van der Waals surface area contributed by atoms with E-state index < -0.39 is 5.97 Å². The predicted octanol–water partition coefficient (Wildman–Crippen LogP) is 3.15. The van der Waals surface area contributed by atoms with Gasteiger partial charge in [0.15, 0.2) is 0 Å². The average molecular weight is 412 g/mol. The number of nitrogens with zero attached hydrogens (tertiary/aromatic N) is 2. The molecule has 3 rings (SSSR count). The van der Waals surface area contributed by atoms with Crippen molar-refractivity contribution in [3.63, 3.8) is 0 Å². The minimum Gasteiger partial charge on any atom is -0.491 e. The van der Waals surface area contributed by atoms with E-state index in [4.69, 9.17) is 15.2 Å². The van der Waals surface area contributed by atoms with Crippen molar-refractivity contribution in [1.82, 2.24) is 9.55 Å². The maximum Gasteiger partial charge on any atom is 0.343 e. The number of fused-ring (bicyclic) bond motifs is 1. The zero-order chi connectivity index (χ0) is 17.8. The van der Waals surface area contributed by atoms with E-state index in [1.54, 1.807) is 17.0 Å². The van der Waals surface area contributed by atoms with E-state index in [2.05, 4.69) is 4.98 Å². The molecule has 2 N–H and O–H groups in total. The third-order valence-corrected chi connectivity index (χ3v) is 4.02. The number of methoxy groups -OCH3 is 1. The van der Waals surface area contributed by atoms with Gasteiger partial charge in [-0.1, -0.05) is 30.3 Å². The fourth-order valence-electron chi connectivity index (χ4n) is 2.82. The topological polar surface area (TPSA) is 79.4 Å². The third-order valence-electron chi connectivity index (χ3n) is 4.02. The van der Waals surface area contributed by atoms with Crippen molar-refractivity contribution in [3.8, 4) is 5.75 Å². The monoisotopic (exact) mass is 411 g/mol. The minimum atomic E-state index is -0.458. The molecular formula is C19H23Cl2N3O3. The maximum absolute atomic E-state index is 12.3. The fraction of sp³-hybridized carbons (Fsp3) is 0.263. The molecule has 0 aliphatic rings. The van der Waals surface area contributed by atoms with E-state index in [9.17, 15) is 4.79 Å². The number of benzene rings is 2. The maximum atomic E-state index is 12.3. The molecule has 1 heterocycles. The van der Waals surface area contributed by atoms with E-state index >= 15 is 0 Å². The second-order valence-electron chi connectivity index (χ2n) is 5.91. The highest BCUT2D eigenvalue weighted by Crippen LogP contribution is 2.28. The summed E-state index contributed by atoms with van der Waals surface area (Å²) in [5, 5.41) is 0. The first kappa shape index (κ1) is 22.8. The molecule has 1 atom stereocenters. The van der Waals surface area contributed by atoms with Crippen LogP contribution in [-0.2, 0) is 18.2 Å². The van der Waals surface area contributed by atoms with Gasteiger partial charge in [-0.3, -0.25) is 0 Å². The molecule has 0 aliphatic heterocycles. The molecule has 1 aromatic heterocycles. The Balaban J connectivity index is 0.00000182. The lowest BCUT2D eigenvalue weighted by molar-refractivity contribution is 0.0597. The van der Waals surface area contributed by atoms with Crippen molar-refractivity contribution < 1.29 is 14.3 Å². The zero-order valence-electron chi connectivity index (χ0n) is 15.1. The van der Waals surface area contributed by atoms with Crippen molar-refractivity contribution >= 4 is 41.8 Å². The van der Waals surface area contributed by atoms with Gasteiger partial charge in [0, 0.05) is 13.1 Å². The van der Waals surface area contributed by atoms with Crippen LogP contribution in [-0.4, -0.2) is 35.3 Å². The smallest absolute Gasteiger partial charge is 0.343 e. The van der Waals surface area contributed by atoms with E-state index in [1.165, 1.54) is 7.11 Å². The number of halogens is 2. The molecule has 0 fully saturated rings. The summed E-state index contributed by atoms with van der Waals surface area (Å²) < 4.78 is 12.6. The van der Waals surface area contributed by atoms with Gasteiger partial charge in [-0.2, -0.15) is 0 Å². The molecule has 2 aromatic carbocycles. The highest BCUT2D eigenvalue weighted by Gasteiger charge is 2.21. The van der Waals surface area contributed by atoms with Crippen LogP contribution in [0, 0.1) is 0 Å². The number of carbonyl (C=O) groups excluding carboxylic acids is 1. The van der Waals surface area contributed by atoms with Crippen LogP contribution in [0.5, 0.6) is 5.75 Å². The molecule has 0 bridgehead atoms. The summed E-state index contributed by atoms with van der Waals surface area (Å²) in [7, 11) is 3.18. The molecule has 146 valence electrons. The highest BCUT2D eigenvalue weighted by molar-refractivity contribution is 6.04. The summed E-state index contributed by atoms with van der Waals surface area (Å²) in [5.74, 6) is -0.00714. The van der Waals surface area contributed by atoms with E-state index in [0.717, 1.165) is 5.56 Å². The molecular weight excluding hydrogens is 389 g/mol. The van der Waals surface area contributed by atoms with Gasteiger partial charge >= 0.3 is 5.97 Å². The van der Waals surface area contributed by atoms with Crippen molar-refractivity contribution in [2.45, 2.75) is 12.5 Å². The summed E-state index contributed by atoms with van der Waals surface area (Å²) in [5.41, 5.74) is 9.08.